The molecule has 0 spiro atoms. The number of carbonyl (C=O) groups excluding carboxylic acids is 1. The maximum Gasteiger partial charge on any atom is 0.258 e. The Balaban J connectivity index is 2.22. The molecular formula is C10H8BrN3OS2. The van der Waals surface area contributed by atoms with Crippen molar-refractivity contribution in [1.29, 1.82) is 0 Å². The van der Waals surface area contributed by atoms with Gasteiger partial charge in [-0.3, -0.25) is 10.1 Å². The minimum absolute atomic E-state index is 0.232. The van der Waals surface area contributed by atoms with E-state index in [-0.39, 0.29) is 5.91 Å². The molecule has 0 aliphatic carbocycles. The van der Waals surface area contributed by atoms with E-state index in [1.165, 1.54) is 0 Å². The summed E-state index contributed by atoms with van der Waals surface area (Å²) in [6.45, 7) is 1.77. The zero-order valence-corrected chi connectivity index (χ0v) is 12.1. The van der Waals surface area contributed by atoms with Crippen molar-refractivity contribution in [2.75, 3.05) is 5.32 Å². The normalized spacial score (nSPS) is 10.3. The summed E-state index contributed by atoms with van der Waals surface area (Å²) in [6, 6.07) is 5.28. The predicted octanol–water partition coefficient (Wildman–Crippen LogP) is 3.15. The summed E-state index contributed by atoms with van der Waals surface area (Å²) in [5.74, 6) is 0.413. The van der Waals surface area contributed by atoms with Crippen LogP contribution in [-0.2, 0) is 0 Å². The highest BCUT2D eigenvalue weighted by atomic mass is 79.9. The minimum Gasteiger partial charge on any atom is -0.297 e. The fourth-order valence-electron chi connectivity index (χ4n) is 1.20. The van der Waals surface area contributed by atoms with Crippen LogP contribution in [0.4, 0.5) is 5.13 Å². The van der Waals surface area contributed by atoms with Gasteiger partial charge in [0.25, 0.3) is 5.91 Å². The lowest BCUT2D eigenvalue weighted by molar-refractivity contribution is 0.102. The second-order valence-corrected chi connectivity index (χ2v) is 5.39. The Morgan fingerprint density at radius 1 is 1.53 bits per heavy atom. The van der Waals surface area contributed by atoms with E-state index in [2.05, 4.69) is 43.2 Å². The van der Waals surface area contributed by atoms with Crippen LogP contribution in [0.5, 0.6) is 0 Å². The van der Waals surface area contributed by atoms with Crippen molar-refractivity contribution in [2.24, 2.45) is 0 Å². The average molecular weight is 330 g/mol. The topological polar surface area (TPSA) is 54.9 Å². The number of nitrogens with zero attached hydrogens (tertiary/aromatic N) is 2. The molecule has 4 nitrogen and oxygen atoms in total. The van der Waals surface area contributed by atoms with Gasteiger partial charge in [0.15, 0.2) is 0 Å². The van der Waals surface area contributed by atoms with Crippen LogP contribution >= 0.6 is 40.1 Å². The van der Waals surface area contributed by atoms with Crippen LogP contribution in [-0.4, -0.2) is 15.3 Å². The summed E-state index contributed by atoms with van der Waals surface area (Å²) >= 11 is 8.68. The average Bonchev–Trinajstić information content (AvgIpc) is 2.67. The third kappa shape index (κ3) is 3.05. The fraction of sp³-hybridized carbons (Fsp3) is 0.100. The van der Waals surface area contributed by atoms with Gasteiger partial charge in [0.1, 0.15) is 5.82 Å². The quantitative estimate of drug-likeness (QED) is 0.832. The highest BCUT2D eigenvalue weighted by Gasteiger charge is 2.12. The number of nitrogens with one attached hydrogen (secondary N) is 1. The van der Waals surface area contributed by atoms with Gasteiger partial charge in [-0.2, -0.15) is 4.37 Å². The van der Waals surface area contributed by atoms with Crippen LogP contribution < -0.4 is 5.32 Å². The Morgan fingerprint density at radius 3 is 2.94 bits per heavy atom. The van der Waals surface area contributed by atoms with Crippen LogP contribution in [0.25, 0.3) is 0 Å². The first-order valence-corrected chi connectivity index (χ1v) is 6.68. The lowest BCUT2D eigenvalue weighted by atomic mass is 10.2. The van der Waals surface area contributed by atoms with Crippen LogP contribution in [0.3, 0.4) is 0 Å². The maximum absolute atomic E-state index is 12.0. The van der Waals surface area contributed by atoms with E-state index in [1.54, 1.807) is 25.1 Å². The number of hydrogen-bond acceptors (Lipinski definition) is 5. The molecule has 2 rings (SSSR count). The third-order valence-corrected chi connectivity index (χ3v) is 3.63. The third-order valence-electron chi connectivity index (χ3n) is 1.94. The fourth-order valence-corrected chi connectivity index (χ4v) is 2.40. The summed E-state index contributed by atoms with van der Waals surface area (Å²) < 4.78 is 4.71. The molecule has 1 aromatic carbocycles. The van der Waals surface area contributed by atoms with E-state index < -0.39 is 0 Å². The minimum atomic E-state index is -0.232. The molecule has 1 heterocycles. The van der Waals surface area contributed by atoms with Crippen molar-refractivity contribution in [3.8, 4) is 0 Å². The SMILES string of the molecule is Cc1nsc(NC(=O)c2cc(S)ccc2Br)n1. The number of carbonyl (C=O) groups is 1. The van der Waals surface area contributed by atoms with Crippen molar-refractivity contribution in [2.45, 2.75) is 11.8 Å². The summed E-state index contributed by atoms with van der Waals surface area (Å²) in [6.07, 6.45) is 0. The van der Waals surface area contributed by atoms with Gasteiger partial charge in [0, 0.05) is 20.9 Å². The molecule has 17 heavy (non-hydrogen) atoms. The highest BCUT2D eigenvalue weighted by molar-refractivity contribution is 9.10. The molecule has 1 amide bonds. The largest absolute Gasteiger partial charge is 0.297 e. The van der Waals surface area contributed by atoms with Gasteiger partial charge in [0.2, 0.25) is 5.13 Å². The predicted molar refractivity (Wildman–Crippen MR) is 74.0 cm³/mol. The number of thiol groups is 1. The zero-order chi connectivity index (χ0) is 12.4. The lowest BCUT2D eigenvalue weighted by Gasteiger charge is -2.04. The molecule has 0 aliphatic rings. The summed E-state index contributed by atoms with van der Waals surface area (Å²) in [4.78, 5) is 16.8. The van der Waals surface area contributed by atoms with Crippen molar-refractivity contribution >= 4 is 51.1 Å². The van der Waals surface area contributed by atoms with Gasteiger partial charge in [0.05, 0.1) is 5.56 Å². The molecule has 7 heteroatoms. The van der Waals surface area contributed by atoms with Crippen molar-refractivity contribution < 1.29 is 4.79 Å². The Labute approximate surface area is 116 Å². The van der Waals surface area contributed by atoms with Crippen LogP contribution in [0.15, 0.2) is 27.6 Å². The zero-order valence-electron chi connectivity index (χ0n) is 8.77. The van der Waals surface area contributed by atoms with Crippen LogP contribution in [0.2, 0.25) is 0 Å². The van der Waals surface area contributed by atoms with Crippen molar-refractivity contribution in [3.63, 3.8) is 0 Å². The molecule has 0 bridgehead atoms. The van der Waals surface area contributed by atoms with E-state index in [1.807, 2.05) is 0 Å². The first-order chi connectivity index (χ1) is 8.06. The number of hydrogen-bond donors (Lipinski definition) is 2. The number of aryl methyl sites for hydroxylation is 1. The molecular weight excluding hydrogens is 322 g/mol. The Hall–Kier alpha value is -0.920. The number of anilines is 1. The highest BCUT2D eigenvalue weighted by Crippen LogP contribution is 2.21. The van der Waals surface area contributed by atoms with Crippen LogP contribution in [0.1, 0.15) is 16.2 Å². The van der Waals surface area contributed by atoms with E-state index in [9.17, 15) is 4.79 Å². The summed E-state index contributed by atoms with van der Waals surface area (Å²) in [7, 11) is 0. The van der Waals surface area contributed by atoms with E-state index in [0.717, 1.165) is 16.4 Å². The summed E-state index contributed by atoms with van der Waals surface area (Å²) in [5, 5.41) is 3.18. The van der Waals surface area contributed by atoms with Crippen LogP contribution in [0, 0.1) is 6.92 Å². The molecule has 0 saturated heterocycles. The number of benzene rings is 1. The molecule has 88 valence electrons. The van der Waals surface area contributed by atoms with Crippen molar-refractivity contribution in [3.05, 3.63) is 34.1 Å². The molecule has 1 N–H and O–H groups in total. The van der Waals surface area contributed by atoms with E-state index in [4.69, 9.17) is 0 Å². The molecule has 0 saturated carbocycles. The Kier molecular flexibility index (Phi) is 3.80. The molecule has 0 aliphatic heterocycles. The van der Waals surface area contributed by atoms with Crippen molar-refractivity contribution in [1.82, 2.24) is 9.36 Å². The van der Waals surface area contributed by atoms with Gasteiger partial charge in [-0.15, -0.1) is 12.6 Å². The second kappa shape index (κ2) is 5.16. The monoisotopic (exact) mass is 329 g/mol. The van der Waals surface area contributed by atoms with Gasteiger partial charge in [-0.1, -0.05) is 0 Å². The van der Waals surface area contributed by atoms with Gasteiger partial charge >= 0.3 is 0 Å². The number of rotatable bonds is 2. The Morgan fingerprint density at radius 2 is 2.29 bits per heavy atom. The molecule has 0 atom stereocenters. The smallest absolute Gasteiger partial charge is 0.258 e. The van der Waals surface area contributed by atoms with Gasteiger partial charge < -0.3 is 0 Å². The number of halogens is 1. The second-order valence-electron chi connectivity index (χ2n) is 3.27. The van der Waals surface area contributed by atoms with E-state index in [0.29, 0.717) is 21.0 Å². The lowest BCUT2D eigenvalue weighted by Crippen LogP contribution is -2.12. The number of aromatic nitrogens is 2. The molecule has 0 radical (unpaired) electrons. The van der Waals surface area contributed by atoms with Gasteiger partial charge in [-0.05, 0) is 41.1 Å². The Bertz CT molecular complexity index is 570. The molecule has 0 unspecified atom stereocenters. The molecule has 0 fully saturated rings. The first kappa shape index (κ1) is 12.5. The molecule has 1 aromatic heterocycles. The van der Waals surface area contributed by atoms with E-state index >= 15 is 0 Å². The standard InChI is InChI=1S/C10H8BrN3OS2/c1-5-12-10(17-14-5)13-9(15)7-4-6(16)2-3-8(7)11/h2-4,16H,1H3,(H,12,13,14,15). The number of amides is 1. The van der Waals surface area contributed by atoms with Gasteiger partial charge in [-0.25, -0.2) is 4.98 Å². The molecule has 2 aromatic rings. The summed E-state index contributed by atoms with van der Waals surface area (Å²) in [5.41, 5.74) is 0.519. The first-order valence-electron chi connectivity index (χ1n) is 4.66. The maximum atomic E-state index is 12.0.